The predicted octanol–water partition coefficient (Wildman–Crippen LogP) is 3.01. The van der Waals surface area contributed by atoms with Crippen molar-refractivity contribution in [1.29, 1.82) is 0 Å². The van der Waals surface area contributed by atoms with Gasteiger partial charge in [0.05, 0.1) is 0 Å². The van der Waals surface area contributed by atoms with Crippen LogP contribution >= 0.6 is 34.5 Å². The van der Waals surface area contributed by atoms with Gasteiger partial charge in [-0.05, 0) is 26.0 Å². The highest BCUT2D eigenvalue weighted by molar-refractivity contribution is 14.1. The van der Waals surface area contributed by atoms with E-state index in [0.717, 1.165) is 5.03 Å². The fourth-order valence-electron chi connectivity index (χ4n) is 0.485. The lowest BCUT2D eigenvalue weighted by Gasteiger charge is -2.00. The van der Waals surface area contributed by atoms with Crippen LogP contribution in [0.4, 0.5) is 0 Å². The first-order chi connectivity index (χ1) is 4.70. The molecule has 0 rings (SSSR count). The Morgan fingerprint density at radius 1 is 1.70 bits per heavy atom. The molecule has 0 radical (unpaired) electrons. The van der Waals surface area contributed by atoms with Gasteiger partial charge < -0.3 is 0 Å². The molecule has 0 aliphatic rings. The Hall–Kier alpha value is 0.460. The maximum Gasteiger partial charge on any atom is 0.0378 e. The van der Waals surface area contributed by atoms with Crippen molar-refractivity contribution in [3.8, 4) is 0 Å². The summed E-state index contributed by atoms with van der Waals surface area (Å²) >= 11 is 7.88. The smallest absolute Gasteiger partial charge is 0.0378 e. The summed E-state index contributed by atoms with van der Waals surface area (Å²) in [7, 11) is 0. The minimum atomic E-state index is 0.323. The highest BCUT2D eigenvalue weighted by atomic mass is 127. The van der Waals surface area contributed by atoms with Gasteiger partial charge in [0.1, 0.15) is 0 Å². The molecule has 0 fully saturated rings. The van der Waals surface area contributed by atoms with Gasteiger partial charge in [-0.1, -0.05) is 17.7 Å². The van der Waals surface area contributed by atoms with Crippen LogP contribution in [0.5, 0.6) is 0 Å². The maximum absolute atomic E-state index is 5.79. The van der Waals surface area contributed by atoms with Gasteiger partial charge in [-0.15, -0.1) is 0 Å². The van der Waals surface area contributed by atoms with Gasteiger partial charge in [-0.25, -0.2) is 0 Å². The molecule has 0 amide bonds. The average molecular weight is 272 g/mol. The van der Waals surface area contributed by atoms with Crippen LogP contribution < -0.4 is 3.53 Å². The van der Waals surface area contributed by atoms with Gasteiger partial charge >= 0.3 is 0 Å². The summed E-state index contributed by atoms with van der Waals surface area (Å²) in [5.41, 5.74) is 0. The summed E-state index contributed by atoms with van der Waals surface area (Å²) in [6, 6.07) is 0.323. The second-order valence-corrected chi connectivity index (χ2v) is 3.01. The molecule has 0 heterocycles. The average Bonchev–Trinajstić information content (AvgIpc) is 1.88. The van der Waals surface area contributed by atoms with E-state index in [0.29, 0.717) is 6.04 Å². The van der Waals surface area contributed by atoms with Crippen LogP contribution in [0.2, 0.25) is 0 Å². The van der Waals surface area contributed by atoms with Gasteiger partial charge in [-0.3, -0.25) is 3.53 Å². The molecule has 0 saturated carbocycles. The molecule has 1 N–H and O–H groups in total. The lowest BCUT2D eigenvalue weighted by molar-refractivity contribution is 0.878. The molecular formula is C7H11ClIN. The van der Waals surface area contributed by atoms with Crippen molar-refractivity contribution in [2.75, 3.05) is 0 Å². The van der Waals surface area contributed by atoms with E-state index in [1.807, 2.05) is 32.1 Å². The van der Waals surface area contributed by atoms with Gasteiger partial charge in [0.25, 0.3) is 0 Å². The Balaban J connectivity index is 3.89. The maximum atomic E-state index is 5.79. The minimum Gasteiger partial charge on any atom is -0.254 e. The lowest BCUT2D eigenvalue weighted by atomic mass is 10.3. The predicted molar refractivity (Wildman–Crippen MR) is 55.4 cm³/mol. The third-order valence-electron chi connectivity index (χ3n) is 0.907. The topological polar surface area (TPSA) is 12.0 Å². The van der Waals surface area contributed by atoms with E-state index in [9.17, 15) is 0 Å². The fourth-order valence-corrected chi connectivity index (χ4v) is 0.980. The molecule has 0 saturated heterocycles. The molecule has 0 aliphatic carbocycles. The van der Waals surface area contributed by atoms with Crippen molar-refractivity contribution in [1.82, 2.24) is 3.53 Å². The van der Waals surface area contributed by atoms with E-state index in [-0.39, 0.29) is 0 Å². The van der Waals surface area contributed by atoms with E-state index in [2.05, 4.69) is 26.4 Å². The van der Waals surface area contributed by atoms with Crippen molar-refractivity contribution in [2.45, 2.75) is 19.9 Å². The van der Waals surface area contributed by atoms with Gasteiger partial charge in [0, 0.05) is 33.9 Å². The second kappa shape index (κ2) is 6.19. The van der Waals surface area contributed by atoms with Crippen LogP contribution in [0.25, 0.3) is 0 Å². The lowest BCUT2D eigenvalue weighted by Crippen LogP contribution is -2.11. The molecule has 0 spiro atoms. The molecule has 58 valence electrons. The van der Waals surface area contributed by atoms with Crippen LogP contribution in [0.15, 0.2) is 23.3 Å². The first kappa shape index (κ1) is 10.5. The number of allylic oxidation sites excluding steroid dienone is 3. The minimum absolute atomic E-state index is 0.323. The summed E-state index contributed by atoms with van der Waals surface area (Å²) in [5.74, 6) is 0. The van der Waals surface area contributed by atoms with Crippen LogP contribution in [0.1, 0.15) is 13.8 Å². The molecule has 3 heteroatoms. The quantitative estimate of drug-likeness (QED) is 0.473. The standard InChI is InChI=1S/C7H11ClIN/c1-3-4-7(8)5-6(2)10-9/h3-6,10H,1-2H3/b4-3-,7-5+. The van der Waals surface area contributed by atoms with Crippen molar-refractivity contribution in [3.63, 3.8) is 0 Å². The zero-order chi connectivity index (χ0) is 7.98. The summed E-state index contributed by atoms with van der Waals surface area (Å²) in [6.07, 6.45) is 5.73. The largest absolute Gasteiger partial charge is 0.254 e. The Morgan fingerprint density at radius 3 is 2.70 bits per heavy atom. The van der Waals surface area contributed by atoms with Crippen molar-refractivity contribution < 1.29 is 0 Å². The van der Waals surface area contributed by atoms with Gasteiger partial charge in [0.15, 0.2) is 0 Å². The highest BCUT2D eigenvalue weighted by Crippen LogP contribution is 2.04. The normalized spacial score (nSPS) is 16.2. The molecule has 1 nitrogen and oxygen atoms in total. The molecule has 1 unspecified atom stereocenters. The summed E-state index contributed by atoms with van der Waals surface area (Å²) in [6.45, 7) is 3.98. The zero-order valence-corrected chi connectivity index (χ0v) is 8.98. The molecule has 0 aromatic rings. The SMILES string of the molecule is C/C=C\C(Cl)=C/C(C)NI. The molecule has 0 aromatic carbocycles. The monoisotopic (exact) mass is 271 g/mol. The van der Waals surface area contributed by atoms with Gasteiger partial charge in [0.2, 0.25) is 0 Å². The van der Waals surface area contributed by atoms with Crippen LogP contribution in [0.3, 0.4) is 0 Å². The Morgan fingerprint density at radius 2 is 2.30 bits per heavy atom. The van der Waals surface area contributed by atoms with E-state index in [4.69, 9.17) is 11.6 Å². The summed E-state index contributed by atoms with van der Waals surface area (Å²) in [4.78, 5) is 0. The molecule has 0 bridgehead atoms. The number of hydrogen-bond acceptors (Lipinski definition) is 1. The molecule has 0 aromatic heterocycles. The van der Waals surface area contributed by atoms with Crippen molar-refractivity contribution in [2.24, 2.45) is 0 Å². The molecule has 0 aliphatic heterocycles. The number of rotatable bonds is 3. The Bertz CT molecular complexity index is 143. The number of nitrogens with one attached hydrogen (secondary N) is 1. The van der Waals surface area contributed by atoms with E-state index < -0.39 is 0 Å². The van der Waals surface area contributed by atoms with Crippen molar-refractivity contribution >= 4 is 34.5 Å². The number of halogens is 2. The van der Waals surface area contributed by atoms with Crippen LogP contribution in [-0.4, -0.2) is 6.04 Å². The third kappa shape index (κ3) is 5.26. The second-order valence-electron chi connectivity index (χ2n) is 1.95. The zero-order valence-electron chi connectivity index (χ0n) is 6.07. The Labute approximate surface area is 81.0 Å². The van der Waals surface area contributed by atoms with E-state index in [1.165, 1.54) is 0 Å². The Kier molecular flexibility index (Phi) is 6.47. The van der Waals surface area contributed by atoms with Gasteiger partial charge in [-0.2, -0.15) is 0 Å². The molecular weight excluding hydrogens is 260 g/mol. The summed E-state index contributed by atoms with van der Waals surface area (Å²) < 4.78 is 3.03. The van der Waals surface area contributed by atoms with Crippen molar-refractivity contribution in [3.05, 3.63) is 23.3 Å². The third-order valence-corrected chi connectivity index (χ3v) is 2.14. The first-order valence-electron chi connectivity index (χ1n) is 3.07. The van der Waals surface area contributed by atoms with Crippen LogP contribution in [-0.2, 0) is 0 Å². The molecule has 1 atom stereocenters. The van der Waals surface area contributed by atoms with E-state index in [1.54, 1.807) is 0 Å². The fraction of sp³-hybridized carbons (Fsp3) is 0.429. The first-order valence-corrected chi connectivity index (χ1v) is 4.52. The summed E-state index contributed by atoms with van der Waals surface area (Å²) in [5, 5.41) is 0.777. The molecule has 10 heavy (non-hydrogen) atoms. The van der Waals surface area contributed by atoms with Crippen LogP contribution in [0, 0.1) is 0 Å². The van der Waals surface area contributed by atoms with E-state index >= 15 is 0 Å². The highest BCUT2D eigenvalue weighted by Gasteiger charge is 1.92. The number of hydrogen-bond donors (Lipinski definition) is 1.